The number of carbonyl (C=O) groups is 1. The Labute approximate surface area is 99.9 Å². The number of aromatic nitrogens is 2. The fraction of sp³-hybridized carbons (Fsp3) is 0.0909. The molecule has 2 N–H and O–H groups in total. The molecule has 0 aliphatic rings. The molecule has 7 heteroatoms. The van der Waals surface area contributed by atoms with Gasteiger partial charge in [0, 0.05) is 6.07 Å². The van der Waals surface area contributed by atoms with Crippen molar-refractivity contribution in [1.29, 1.82) is 0 Å². The van der Waals surface area contributed by atoms with Crippen LogP contribution in [0.5, 0.6) is 5.88 Å². The van der Waals surface area contributed by atoms with Crippen molar-refractivity contribution >= 4 is 5.97 Å². The first-order valence-corrected chi connectivity index (χ1v) is 4.90. The molecule has 1 aromatic carbocycles. The first-order valence-electron chi connectivity index (χ1n) is 4.90. The molecule has 0 aliphatic carbocycles. The Hall–Kier alpha value is -2.44. The standard InChI is InChI=1S/C11H8F2N2O3/c12-10(13)8-5-9(16)15(14-8)7-3-1-2-6(4-7)11(17)18/h1-5,10,16H,(H,17,18). The minimum absolute atomic E-state index is 0.0269. The third-order valence-electron chi connectivity index (χ3n) is 2.27. The van der Waals surface area contributed by atoms with Gasteiger partial charge in [-0.1, -0.05) is 6.07 Å². The summed E-state index contributed by atoms with van der Waals surface area (Å²) in [7, 11) is 0. The monoisotopic (exact) mass is 254 g/mol. The fourth-order valence-electron chi connectivity index (χ4n) is 1.46. The predicted octanol–water partition coefficient (Wildman–Crippen LogP) is 2.21. The minimum atomic E-state index is -2.81. The van der Waals surface area contributed by atoms with Crippen molar-refractivity contribution in [2.45, 2.75) is 6.43 Å². The number of hydrogen-bond donors (Lipinski definition) is 2. The summed E-state index contributed by atoms with van der Waals surface area (Å²) in [5, 5.41) is 21.8. The van der Waals surface area contributed by atoms with Crippen molar-refractivity contribution in [3.8, 4) is 11.6 Å². The van der Waals surface area contributed by atoms with E-state index in [-0.39, 0.29) is 11.3 Å². The molecule has 0 amide bonds. The molecule has 0 saturated heterocycles. The lowest BCUT2D eigenvalue weighted by molar-refractivity contribution is 0.0696. The predicted molar refractivity (Wildman–Crippen MR) is 57.1 cm³/mol. The number of aromatic carboxylic acids is 1. The number of nitrogens with zero attached hydrogens (tertiary/aromatic N) is 2. The van der Waals surface area contributed by atoms with Crippen LogP contribution in [0.3, 0.4) is 0 Å². The number of halogens is 2. The lowest BCUT2D eigenvalue weighted by Gasteiger charge is -2.03. The van der Waals surface area contributed by atoms with Crippen LogP contribution in [0.1, 0.15) is 22.5 Å². The van der Waals surface area contributed by atoms with Crippen LogP contribution in [0.15, 0.2) is 30.3 Å². The quantitative estimate of drug-likeness (QED) is 0.880. The molecule has 0 atom stereocenters. The minimum Gasteiger partial charge on any atom is -0.493 e. The Bertz CT molecular complexity index is 596. The maximum absolute atomic E-state index is 12.4. The van der Waals surface area contributed by atoms with Crippen LogP contribution in [0.25, 0.3) is 5.69 Å². The topological polar surface area (TPSA) is 75.3 Å². The SMILES string of the molecule is O=C(O)c1cccc(-n2nc(C(F)F)cc2O)c1. The smallest absolute Gasteiger partial charge is 0.335 e. The van der Waals surface area contributed by atoms with Gasteiger partial charge in [0.05, 0.1) is 11.3 Å². The first kappa shape index (κ1) is 12.0. The highest BCUT2D eigenvalue weighted by atomic mass is 19.3. The molecule has 0 saturated carbocycles. The van der Waals surface area contributed by atoms with Crippen molar-refractivity contribution in [2.24, 2.45) is 0 Å². The van der Waals surface area contributed by atoms with Crippen molar-refractivity contribution in [1.82, 2.24) is 9.78 Å². The third kappa shape index (κ3) is 2.15. The van der Waals surface area contributed by atoms with Crippen LogP contribution in [-0.2, 0) is 0 Å². The summed E-state index contributed by atoms with van der Waals surface area (Å²) in [6, 6.07) is 6.29. The van der Waals surface area contributed by atoms with Crippen LogP contribution in [0.2, 0.25) is 0 Å². The molecule has 2 aromatic rings. The van der Waals surface area contributed by atoms with E-state index in [4.69, 9.17) is 5.11 Å². The molecule has 0 fully saturated rings. The molecule has 0 spiro atoms. The molecule has 0 radical (unpaired) electrons. The summed E-state index contributed by atoms with van der Waals surface area (Å²) in [5.41, 5.74) is -0.409. The zero-order valence-electron chi connectivity index (χ0n) is 8.92. The second-order valence-corrected chi connectivity index (χ2v) is 3.50. The maximum Gasteiger partial charge on any atom is 0.335 e. The van der Waals surface area contributed by atoms with Gasteiger partial charge in [-0.2, -0.15) is 5.10 Å². The molecule has 1 heterocycles. The molecule has 5 nitrogen and oxygen atoms in total. The summed E-state index contributed by atoms with van der Waals surface area (Å²) in [6.07, 6.45) is -2.81. The van der Waals surface area contributed by atoms with E-state index < -0.39 is 24.0 Å². The van der Waals surface area contributed by atoms with E-state index in [0.717, 1.165) is 10.7 Å². The Kier molecular flexibility index (Phi) is 2.97. The molecule has 18 heavy (non-hydrogen) atoms. The van der Waals surface area contributed by atoms with Crippen molar-refractivity contribution in [3.05, 3.63) is 41.6 Å². The lowest BCUT2D eigenvalue weighted by atomic mass is 10.2. The van der Waals surface area contributed by atoms with E-state index in [1.54, 1.807) is 0 Å². The number of rotatable bonds is 3. The molecule has 2 rings (SSSR count). The molecular formula is C11H8F2N2O3. The highest BCUT2D eigenvalue weighted by Crippen LogP contribution is 2.24. The molecule has 0 aliphatic heterocycles. The molecule has 94 valence electrons. The zero-order valence-corrected chi connectivity index (χ0v) is 8.92. The van der Waals surface area contributed by atoms with Gasteiger partial charge in [-0.05, 0) is 18.2 Å². The van der Waals surface area contributed by atoms with Gasteiger partial charge < -0.3 is 10.2 Å². The first-order chi connectivity index (χ1) is 8.49. The highest BCUT2D eigenvalue weighted by molar-refractivity contribution is 5.88. The molecule has 1 aromatic heterocycles. The van der Waals surface area contributed by atoms with E-state index in [2.05, 4.69) is 5.10 Å². The Morgan fingerprint density at radius 3 is 2.61 bits per heavy atom. The number of hydrogen-bond acceptors (Lipinski definition) is 3. The van der Waals surface area contributed by atoms with Crippen molar-refractivity contribution in [3.63, 3.8) is 0 Å². The summed E-state index contributed by atoms with van der Waals surface area (Å²) >= 11 is 0. The summed E-state index contributed by atoms with van der Waals surface area (Å²) in [5.74, 6) is -1.63. The van der Waals surface area contributed by atoms with E-state index in [9.17, 15) is 18.7 Å². The number of carboxylic acid groups (broad SMARTS) is 1. The molecular weight excluding hydrogens is 246 g/mol. The number of aromatic hydroxyl groups is 1. The summed E-state index contributed by atoms with van der Waals surface area (Å²) in [6.45, 7) is 0. The van der Waals surface area contributed by atoms with Crippen LogP contribution in [-0.4, -0.2) is 26.0 Å². The maximum atomic E-state index is 12.4. The average Bonchev–Trinajstić information content (AvgIpc) is 2.72. The van der Waals surface area contributed by atoms with Crippen LogP contribution in [0.4, 0.5) is 8.78 Å². The van der Waals surface area contributed by atoms with Crippen LogP contribution in [0, 0.1) is 0 Å². The largest absolute Gasteiger partial charge is 0.493 e. The zero-order chi connectivity index (χ0) is 13.3. The Morgan fingerprint density at radius 1 is 1.33 bits per heavy atom. The van der Waals surface area contributed by atoms with Gasteiger partial charge >= 0.3 is 5.97 Å². The average molecular weight is 254 g/mol. The van der Waals surface area contributed by atoms with Crippen LogP contribution >= 0.6 is 0 Å². The van der Waals surface area contributed by atoms with E-state index in [1.807, 2.05) is 0 Å². The summed E-state index contributed by atoms with van der Waals surface area (Å²) in [4.78, 5) is 10.8. The Balaban J connectivity index is 2.48. The highest BCUT2D eigenvalue weighted by Gasteiger charge is 2.16. The molecule has 0 unspecified atom stereocenters. The number of carboxylic acids is 1. The second-order valence-electron chi connectivity index (χ2n) is 3.50. The Morgan fingerprint density at radius 2 is 2.06 bits per heavy atom. The van der Waals surface area contributed by atoms with Gasteiger partial charge in [-0.15, -0.1) is 0 Å². The van der Waals surface area contributed by atoms with Gasteiger partial charge in [0.1, 0.15) is 5.69 Å². The normalized spacial score (nSPS) is 10.8. The van der Waals surface area contributed by atoms with E-state index >= 15 is 0 Å². The van der Waals surface area contributed by atoms with Gasteiger partial charge in [0.25, 0.3) is 6.43 Å². The fourth-order valence-corrected chi connectivity index (χ4v) is 1.46. The van der Waals surface area contributed by atoms with Gasteiger partial charge in [-0.3, -0.25) is 0 Å². The van der Waals surface area contributed by atoms with E-state index in [1.165, 1.54) is 24.3 Å². The summed E-state index contributed by atoms with van der Waals surface area (Å²) < 4.78 is 25.7. The van der Waals surface area contributed by atoms with Gasteiger partial charge in [0.2, 0.25) is 5.88 Å². The molecule has 0 bridgehead atoms. The van der Waals surface area contributed by atoms with Crippen molar-refractivity contribution < 1.29 is 23.8 Å². The van der Waals surface area contributed by atoms with Crippen molar-refractivity contribution in [2.75, 3.05) is 0 Å². The second kappa shape index (κ2) is 4.44. The van der Waals surface area contributed by atoms with Gasteiger partial charge in [0.15, 0.2) is 0 Å². The van der Waals surface area contributed by atoms with Crippen LogP contribution < -0.4 is 0 Å². The lowest BCUT2D eigenvalue weighted by Crippen LogP contribution is -2.01. The third-order valence-corrected chi connectivity index (χ3v) is 2.27. The number of benzene rings is 1. The van der Waals surface area contributed by atoms with E-state index in [0.29, 0.717) is 0 Å². The van der Waals surface area contributed by atoms with Gasteiger partial charge in [-0.25, -0.2) is 18.3 Å². The number of alkyl halides is 2.